The first kappa shape index (κ1) is 20.3. The molecule has 0 bridgehead atoms. The number of nitrogens with one attached hydrogen (secondary N) is 2. The van der Waals surface area contributed by atoms with Crippen molar-refractivity contribution in [2.24, 2.45) is 0 Å². The van der Waals surface area contributed by atoms with Gasteiger partial charge in [0, 0.05) is 35.3 Å². The first-order chi connectivity index (χ1) is 12.2. The minimum Gasteiger partial charge on any atom is -0.508 e. The van der Waals surface area contributed by atoms with E-state index in [1.807, 2.05) is 36.4 Å². The lowest BCUT2D eigenvalue weighted by molar-refractivity contribution is 0.277. The molecule has 2 aromatic carbocycles. The van der Waals surface area contributed by atoms with Gasteiger partial charge in [0.05, 0.1) is 0 Å². The number of aromatic hydroxyl groups is 2. The summed E-state index contributed by atoms with van der Waals surface area (Å²) in [5, 5.41) is 26.9. The number of benzene rings is 2. The Labute approximate surface area is 157 Å². The van der Waals surface area contributed by atoms with Crippen LogP contribution in [0.3, 0.4) is 0 Å². The van der Waals surface area contributed by atoms with Gasteiger partial charge in [0.25, 0.3) is 0 Å². The molecule has 4 N–H and O–H groups in total. The summed E-state index contributed by atoms with van der Waals surface area (Å²) in [6, 6.07) is 14.9. The monoisotopic (exact) mass is 356 g/mol. The summed E-state index contributed by atoms with van der Waals surface area (Å²) in [5.74, 6) is 0.668. The van der Waals surface area contributed by atoms with E-state index in [1.54, 1.807) is 12.1 Å². The first-order valence-electron chi connectivity index (χ1n) is 9.22. The van der Waals surface area contributed by atoms with Crippen molar-refractivity contribution in [2.45, 2.75) is 64.7 Å². The van der Waals surface area contributed by atoms with E-state index in [9.17, 15) is 10.2 Å². The van der Waals surface area contributed by atoms with Gasteiger partial charge in [-0.3, -0.25) is 0 Å². The molecule has 0 saturated heterocycles. The third kappa shape index (κ3) is 6.36. The van der Waals surface area contributed by atoms with Gasteiger partial charge in [0.2, 0.25) is 0 Å². The Morgan fingerprint density at radius 1 is 0.654 bits per heavy atom. The van der Waals surface area contributed by atoms with Gasteiger partial charge >= 0.3 is 0 Å². The van der Waals surface area contributed by atoms with E-state index in [-0.39, 0.29) is 11.1 Å². The summed E-state index contributed by atoms with van der Waals surface area (Å²) in [7, 11) is 0. The molecule has 2 rings (SSSR count). The van der Waals surface area contributed by atoms with Gasteiger partial charge in [-0.25, -0.2) is 0 Å². The molecule has 0 heterocycles. The maximum atomic E-state index is 9.90. The van der Waals surface area contributed by atoms with Gasteiger partial charge in [-0.15, -0.1) is 0 Å². The Hall–Kier alpha value is -2.04. The van der Waals surface area contributed by atoms with Crippen molar-refractivity contribution in [1.29, 1.82) is 0 Å². The molecule has 0 saturated carbocycles. The molecule has 0 radical (unpaired) electrons. The van der Waals surface area contributed by atoms with Crippen LogP contribution < -0.4 is 10.6 Å². The van der Waals surface area contributed by atoms with E-state index >= 15 is 0 Å². The zero-order valence-corrected chi connectivity index (χ0v) is 16.3. The van der Waals surface area contributed by atoms with Crippen molar-refractivity contribution in [1.82, 2.24) is 10.6 Å². The molecule has 0 aliphatic carbocycles. The summed E-state index contributed by atoms with van der Waals surface area (Å²) in [6.07, 6.45) is 1.97. The van der Waals surface area contributed by atoms with Crippen molar-refractivity contribution in [3.8, 4) is 11.5 Å². The number of hydrogen-bond donors (Lipinski definition) is 4. The van der Waals surface area contributed by atoms with Gasteiger partial charge < -0.3 is 20.8 Å². The molecule has 4 nitrogen and oxygen atoms in total. The van der Waals surface area contributed by atoms with E-state index in [2.05, 4.69) is 38.3 Å². The van der Waals surface area contributed by atoms with Crippen molar-refractivity contribution in [3.63, 3.8) is 0 Å². The van der Waals surface area contributed by atoms with Crippen molar-refractivity contribution in [2.75, 3.05) is 0 Å². The third-order valence-corrected chi connectivity index (χ3v) is 4.87. The molecule has 0 amide bonds. The second kappa shape index (κ2) is 8.56. The standard InChI is InChI=1S/C22H32N2O2/c1-21(2,23-15-17-9-5-7-11-19(17)25)13-14-22(3,4)24-16-18-10-6-8-12-20(18)26/h5-12,23-26H,13-16H2,1-4H3. The smallest absolute Gasteiger partial charge is 0.120 e. The summed E-state index contributed by atoms with van der Waals surface area (Å²) in [5.41, 5.74) is 1.74. The molecule has 0 atom stereocenters. The van der Waals surface area contributed by atoms with Crippen molar-refractivity contribution in [3.05, 3.63) is 59.7 Å². The average Bonchev–Trinajstić information content (AvgIpc) is 2.59. The predicted octanol–water partition coefficient (Wildman–Crippen LogP) is 4.31. The van der Waals surface area contributed by atoms with E-state index in [0.29, 0.717) is 24.6 Å². The highest BCUT2D eigenvalue weighted by molar-refractivity contribution is 5.32. The zero-order valence-electron chi connectivity index (χ0n) is 16.3. The Bertz CT molecular complexity index is 649. The lowest BCUT2D eigenvalue weighted by Crippen LogP contribution is -2.44. The fraction of sp³-hybridized carbons (Fsp3) is 0.455. The maximum absolute atomic E-state index is 9.90. The minimum absolute atomic E-state index is 0.0455. The SMILES string of the molecule is CC(C)(CCC(C)(C)NCc1ccccc1O)NCc1ccccc1O. The molecular formula is C22H32N2O2. The Balaban J connectivity index is 1.83. The highest BCUT2D eigenvalue weighted by Gasteiger charge is 2.24. The highest BCUT2D eigenvalue weighted by atomic mass is 16.3. The van der Waals surface area contributed by atoms with Crippen LogP contribution in [0.2, 0.25) is 0 Å². The number of hydrogen-bond acceptors (Lipinski definition) is 4. The number of para-hydroxylation sites is 2. The number of phenolic OH excluding ortho intramolecular Hbond substituents is 2. The number of rotatable bonds is 9. The normalized spacial score (nSPS) is 12.3. The molecule has 0 aliphatic heterocycles. The summed E-state index contributed by atoms with van der Waals surface area (Å²) < 4.78 is 0. The predicted molar refractivity (Wildman–Crippen MR) is 107 cm³/mol. The van der Waals surface area contributed by atoms with Gasteiger partial charge in [-0.1, -0.05) is 36.4 Å². The van der Waals surface area contributed by atoms with Gasteiger partial charge in [0.1, 0.15) is 11.5 Å². The van der Waals surface area contributed by atoms with Crippen LogP contribution in [0.4, 0.5) is 0 Å². The Morgan fingerprint density at radius 3 is 1.35 bits per heavy atom. The molecule has 142 valence electrons. The molecule has 26 heavy (non-hydrogen) atoms. The topological polar surface area (TPSA) is 64.5 Å². The maximum Gasteiger partial charge on any atom is 0.120 e. The van der Waals surface area contributed by atoms with E-state index < -0.39 is 0 Å². The Kier molecular flexibility index (Phi) is 6.68. The third-order valence-electron chi connectivity index (χ3n) is 4.87. The second-order valence-electron chi connectivity index (χ2n) is 8.23. The average molecular weight is 357 g/mol. The highest BCUT2D eigenvalue weighted by Crippen LogP contribution is 2.23. The second-order valence-corrected chi connectivity index (χ2v) is 8.23. The molecule has 2 aromatic rings. The molecule has 0 spiro atoms. The van der Waals surface area contributed by atoms with Crippen LogP contribution in [0.1, 0.15) is 51.7 Å². The van der Waals surface area contributed by atoms with Gasteiger partial charge in [-0.05, 0) is 52.7 Å². The molecule has 0 aromatic heterocycles. The number of phenols is 2. The van der Waals surface area contributed by atoms with Crippen LogP contribution in [0.5, 0.6) is 11.5 Å². The fourth-order valence-corrected chi connectivity index (χ4v) is 2.79. The van der Waals surface area contributed by atoms with Crippen LogP contribution in [-0.4, -0.2) is 21.3 Å². The van der Waals surface area contributed by atoms with Crippen molar-refractivity contribution >= 4 is 0 Å². The molecule has 0 unspecified atom stereocenters. The molecule has 0 fully saturated rings. The lowest BCUT2D eigenvalue weighted by Gasteiger charge is -2.33. The quantitative estimate of drug-likeness (QED) is 0.540. The zero-order chi connectivity index (χ0) is 19.2. The van der Waals surface area contributed by atoms with E-state index in [4.69, 9.17) is 0 Å². The summed E-state index contributed by atoms with van der Waals surface area (Å²) in [6.45, 7) is 10.0. The van der Waals surface area contributed by atoms with E-state index in [1.165, 1.54) is 0 Å². The van der Waals surface area contributed by atoms with Crippen LogP contribution in [0, 0.1) is 0 Å². The molecular weight excluding hydrogens is 324 g/mol. The van der Waals surface area contributed by atoms with Crippen molar-refractivity contribution < 1.29 is 10.2 Å². The Morgan fingerprint density at radius 2 is 1.00 bits per heavy atom. The van der Waals surface area contributed by atoms with Gasteiger partial charge in [-0.2, -0.15) is 0 Å². The lowest BCUT2D eigenvalue weighted by atomic mass is 9.89. The van der Waals surface area contributed by atoms with E-state index in [0.717, 1.165) is 24.0 Å². The van der Waals surface area contributed by atoms with Crippen LogP contribution in [0.15, 0.2) is 48.5 Å². The first-order valence-corrected chi connectivity index (χ1v) is 9.22. The summed E-state index contributed by atoms with van der Waals surface area (Å²) in [4.78, 5) is 0. The van der Waals surface area contributed by atoms with Crippen LogP contribution in [-0.2, 0) is 13.1 Å². The minimum atomic E-state index is -0.0455. The van der Waals surface area contributed by atoms with Gasteiger partial charge in [0.15, 0.2) is 0 Å². The summed E-state index contributed by atoms with van der Waals surface area (Å²) >= 11 is 0. The molecule has 4 heteroatoms. The van der Waals surface area contributed by atoms with Crippen LogP contribution in [0.25, 0.3) is 0 Å². The largest absolute Gasteiger partial charge is 0.508 e. The fourth-order valence-electron chi connectivity index (χ4n) is 2.79. The molecule has 0 aliphatic rings. The van der Waals surface area contributed by atoms with Crippen LogP contribution >= 0.6 is 0 Å².